The number of rotatable bonds is 6. The van der Waals surface area contributed by atoms with Gasteiger partial charge in [-0.3, -0.25) is 4.68 Å². The molecule has 21 heavy (non-hydrogen) atoms. The lowest BCUT2D eigenvalue weighted by Gasteiger charge is -2.12. The van der Waals surface area contributed by atoms with Crippen LogP contribution in [-0.4, -0.2) is 21.4 Å². The molecule has 0 aliphatic carbocycles. The molecule has 0 saturated heterocycles. The number of nitrogens with zero attached hydrogens (tertiary/aromatic N) is 2. The van der Waals surface area contributed by atoms with Crippen molar-refractivity contribution in [2.45, 2.75) is 26.0 Å². The van der Waals surface area contributed by atoms with E-state index in [1.165, 1.54) is 0 Å². The van der Waals surface area contributed by atoms with Crippen molar-refractivity contribution in [3.8, 4) is 0 Å². The van der Waals surface area contributed by atoms with Gasteiger partial charge in [0.25, 0.3) is 0 Å². The van der Waals surface area contributed by atoms with E-state index in [4.69, 9.17) is 23.2 Å². The van der Waals surface area contributed by atoms with Gasteiger partial charge in [-0.05, 0) is 24.1 Å². The highest BCUT2D eigenvalue weighted by atomic mass is 35.5. The Labute approximate surface area is 134 Å². The van der Waals surface area contributed by atoms with Crippen LogP contribution >= 0.6 is 23.2 Å². The summed E-state index contributed by atoms with van der Waals surface area (Å²) >= 11 is 12.1. The van der Waals surface area contributed by atoms with Crippen LogP contribution in [0.25, 0.3) is 0 Å². The SMILES string of the molecule is CCc1nn(C)c(Cl)c1CNCC(O)c1ccc(Cl)cc1. The Morgan fingerprint density at radius 1 is 1.29 bits per heavy atom. The van der Waals surface area contributed by atoms with Crippen molar-refractivity contribution in [3.63, 3.8) is 0 Å². The van der Waals surface area contributed by atoms with Crippen molar-refractivity contribution in [2.75, 3.05) is 6.54 Å². The minimum atomic E-state index is -0.581. The third-order valence-corrected chi connectivity index (χ3v) is 4.11. The molecule has 2 N–H and O–H groups in total. The third-order valence-electron chi connectivity index (χ3n) is 3.38. The minimum absolute atomic E-state index is 0.440. The van der Waals surface area contributed by atoms with E-state index in [0.29, 0.717) is 23.3 Å². The Bertz CT molecular complexity index is 596. The first-order valence-electron chi connectivity index (χ1n) is 6.87. The summed E-state index contributed by atoms with van der Waals surface area (Å²) in [7, 11) is 1.83. The Kier molecular flexibility index (Phi) is 5.65. The maximum absolute atomic E-state index is 10.1. The Balaban J connectivity index is 1.94. The van der Waals surface area contributed by atoms with Crippen molar-refractivity contribution in [1.29, 1.82) is 0 Å². The molecule has 1 heterocycles. The molecule has 2 aromatic rings. The number of hydrogen-bond acceptors (Lipinski definition) is 3. The standard InChI is InChI=1S/C15H19Cl2N3O/c1-3-13-12(15(17)20(2)19-13)8-18-9-14(21)10-4-6-11(16)7-5-10/h4-7,14,18,21H,3,8-9H2,1-2H3. The molecule has 1 unspecified atom stereocenters. The first-order valence-corrected chi connectivity index (χ1v) is 7.63. The number of aromatic nitrogens is 2. The summed E-state index contributed by atoms with van der Waals surface area (Å²) in [5, 5.41) is 19.0. The van der Waals surface area contributed by atoms with E-state index in [2.05, 4.69) is 10.4 Å². The summed E-state index contributed by atoms with van der Waals surface area (Å²) in [5.41, 5.74) is 2.81. The van der Waals surface area contributed by atoms with Gasteiger partial charge in [-0.2, -0.15) is 5.10 Å². The second kappa shape index (κ2) is 7.27. The van der Waals surface area contributed by atoms with E-state index < -0.39 is 6.10 Å². The van der Waals surface area contributed by atoms with Crippen molar-refractivity contribution < 1.29 is 5.11 Å². The van der Waals surface area contributed by atoms with Crippen molar-refractivity contribution in [2.24, 2.45) is 7.05 Å². The molecular formula is C15H19Cl2N3O. The monoisotopic (exact) mass is 327 g/mol. The molecule has 2 rings (SSSR count). The number of aryl methyl sites for hydroxylation is 2. The number of aliphatic hydroxyl groups is 1. The molecule has 0 fully saturated rings. The average molecular weight is 328 g/mol. The summed E-state index contributed by atoms with van der Waals surface area (Å²) in [5.74, 6) is 0. The molecule has 1 aromatic carbocycles. The minimum Gasteiger partial charge on any atom is -0.387 e. The van der Waals surface area contributed by atoms with Crippen LogP contribution in [0.2, 0.25) is 10.2 Å². The molecule has 6 heteroatoms. The Morgan fingerprint density at radius 2 is 1.95 bits per heavy atom. The number of aliphatic hydroxyl groups excluding tert-OH is 1. The van der Waals surface area contributed by atoms with E-state index in [-0.39, 0.29) is 0 Å². The average Bonchev–Trinajstić information content (AvgIpc) is 2.75. The second-order valence-electron chi connectivity index (χ2n) is 4.89. The quantitative estimate of drug-likeness (QED) is 0.857. The van der Waals surface area contributed by atoms with Gasteiger partial charge in [0.2, 0.25) is 0 Å². The lowest BCUT2D eigenvalue weighted by atomic mass is 10.1. The number of benzene rings is 1. The molecule has 0 saturated carbocycles. The molecule has 0 amide bonds. The largest absolute Gasteiger partial charge is 0.387 e. The zero-order chi connectivity index (χ0) is 15.4. The van der Waals surface area contributed by atoms with Gasteiger partial charge in [0, 0.05) is 30.7 Å². The molecule has 4 nitrogen and oxygen atoms in total. The van der Waals surface area contributed by atoms with Crippen LogP contribution < -0.4 is 5.32 Å². The van der Waals surface area contributed by atoms with E-state index in [9.17, 15) is 5.11 Å². The smallest absolute Gasteiger partial charge is 0.131 e. The first-order chi connectivity index (χ1) is 10.0. The van der Waals surface area contributed by atoms with Gasteiger partial charge in [0.1, 0.15) is 5.15 Å². The van der Waals surface area contributed by atoms with Crippen LogP contribution in [0.15, 0.2) is 24.3 Å². The zero-order valence-corrected chi connectivity index (χ0v) is 13.6. The predicted molar refractivity (Wildman–Crippen MR) is 85.7 cm³/mol. The first kappa shape index (κ1) is 16.3. The fourth-order valence-corrected chi connectivity index (χ4v) is 2.54. The molecule has 0 spiro atoms. The van der Waals surface area contributed by atoms with Crippen LogP contribution in [0.4, 0.5) is 0 Å². The van der Waals surface area contributed by atoms with E-state index >= 15 is 0 Å². The fraction of sp³-hybridized carbons (Fsp3) is 0.400. The lowest BCUT2D eigenvalue weighted by Crippen LogP contribution is -2.21. The van der Waals surface area contributed by atoms with Crippen LogP contribution in [0.3, 0.4) is 0 Å². The highest BCUT2D eigenvalue weighted by Crippen LogP contribution is 2.20. The topological polar surface area (TPSA) is 50.1 Å². The third kappa shape index (κ3) is 3.98. The maximum atomic E-state index is 10.1. The van der Waals surface area contributed by atoms with Gasteiger partial charge >= 0.3 is 0 Å². The van der Waals surface area contributed by atoms with Gasteiger partial charge < -0.3 is 10.4 Å². The molecule has 0 aliphatic rings. The van der Waals surface area contributed by atoms with Crippen molar-refractivity contribution in [3.05, 3.63) is 51.3 Å². The van der Waals surface area contributed by atoms with Crippen molar-refractivity contribution in [1.82, 2.24) is 15.1 Å². The predicted octanol–water partition coefficient (Wildman–Crippen LogP) is 3.11. The second-order valence-corrected chi connectivity index (χ2v) is 5.69. The summed E-state index contributed by atoms with van der Waals surface area (Å²) < 4.78 is 1.67. The van der Waals surface area contributed by atoms with Gasteiger partial charge in [0.05, 0.1) is 11.8 Å². The zero-order valence-electron chi connectivity index (χ0n) is 12.1. The van der Waals surface area contributed by atoms with Gasteiger partial charge in [-0.1, -0.05) is 42.3 Å². The molecule has 114 valence electrons. The van der Waals surface area contributed by atoms with Gasteiger partial charge in [0.15, 0.2) is 0 Å². The number of hydrogen-bond donors (Lipinski definition) is 2. The highest BCUT2D eigenvalue weighted by Gasteiger charge is 2.13. The summed E-state index contributed by atoms with van der Waals surface area (Å²) in [6, 6.07) is 7.19. The number of halogens is 2. The molecule has 0 aliphatic heterocycles. The van der Waals surface area contributed by atoms with Crippen molar-refractivity contribution >= 4 is 23.2 Å². The van der Waals surface area contributed by atoms with Crippen LogP contribution in [0, 0.1) is 0 Å². The Hall–Kier alpha value is -1.07. The summed E-state index contributed by atoms with van der Waals surface area (Å²) in [4.78, 5) is 0. The van der Waals surface area contributed by atoms with E-state index in [0.717, 1.165) is 23.2 Å². The molecule has 1 atom stereocenters. The van der Waals surface area contributed by atoms with E-state index in [1.54, 1.807) is 16.8 Å². The lowest BCUT2D eigenvalue weighted by molar-refractivity contribution is 0.174. The van der Waals surface area contributed by atoms with Crippen LogP contribution in [0.1, 0.15) is 29.8 Å². The molecule has 0 bridgehead atoms. The van der Waals surface area contributed by atoms with Gasteiger partial charge in [-0.15, -0.1) is 0 Å². The van der Waals surface area contributed by atoms with E-state index in [1.807, 2.05) is 26.1 Å². The summed E-state index contributed by atoms with van der Waals surface area (Å²) in [6.07, 6.45) is 0.250. The van der Waals surface area contributed by atoms with Gasteiger partial charge in [-0.25, -0.2) is 0 Å². The molecule has 0 radical (unpaired) electrons. The maximum Gasteiger partial charge on any atom is 0.131 e. The Morgan fingerprint density at radius 3 is 2.57 bits per heavy atom. The highest BCUT2D eigenvalue weighted by molar-refractivity contribution is 6.30. The summed E-state index contributed by atoms with van der Waals surface area (Å²) in [6.45, 7) is 3.07. The molecular weight excluding hydrogens is 309 g/mol. The normalized spacial score (nSPS) is 12.6. The van der Waals surface area contributed by atoms with Crippen LogP contribution in [0.5, 0.6) is 0 Å². The fourth-order valence-electron chi connectivity index (χ4n) is 2.20. The van der Waals surface area contributed by atoms with Crippen LogP contribution in [-0.2, 0) is 20.0 Å². The number of nitrogens with one attached hydrogen (secondary N) is 1. The molecule has 1 aromatic heterocycles.